The van der Waals surface area contributed by atoms with Gasteiger partial charge in [-0.1, -0.05) is 17.7 Å². The van der Waals surface area contributed by atoms with Gasteiger partial charge in [0.1, 0.15) is 6.07 Å². The number of nitriles is 1. The fourth-order valence-electron chi connectivity index (χ4n) is 2.76. The number of nitrogens with one attached hydrogen (secondary N) is 1. The predicted molar refractivity (Wildman–Crippen MR) is 117 cm³/mol. The third-order valence-corrected chi connectivity index (χ3v) is 5.86. The maximum atomic E-state index is 9.48. The maximum Gasteiger partial charge on any atom is 0.103 e. The van der Waals surface area contributed by atoms with E-state index >= 15 is 0 Å². The summed E-state index contributed by atoms with van der Waals surface area (Å²) in [6.07, 6.45) is 1.60. The zero-order valence-electron chi connectivity index (χ0n) is 13.3. The lowest BCUT2D eigenvalue weighted by atomic mass is 10.1. The largest absolute Gasteiger partial charge is 0.354 e. The van der Waals surface area contributed by atoms with Crippen molar-refractivity contribution in [2.45, 2.75) is 0 Å². The summed E-state index contributed by atoms with van der Waals surface area (Å²) in [5.41, 5.74) is 3.92. The van der Waals surface area contributed by atoms with E-state index in [0.717, 1.165) is 36.3 Å². The number of anilines is 2. The Bertz CT molecular complexity index is 1150. The maximum absolute atomic E-state index is 9.48. The smallest absolute Gasteiger partial charge is 0.103 e. The van der Waals surface area contributed by atoms with Gasteiger partial charge in [-0.25, -0.2) is 0 Å². The lowest BCUT2D eigenvalue weighted by Gasteiger charge is -2.13. The lowest BCUT2D eigenvalue weighted by Crippen LogP contribution is -1.97. The summed E-state index contributed by atoms with van der Waals surface area (Å²) in [6.45, 7) is 0. The summed E-state index contributed by atoms with van der Waals surface area (Å²) in [4.78, 5) is 5.52. The molecule has 0 fully saturated rings. The van der Waals surface area contributed by atoms with Crippen molar-refractivity contribution < 1.29 is 0 Å². The van der Waals surface area contributed by atoms with E-state index in [9.17, 15) is 5.26 Å². The molecule has 0 saturated heterocycles. The molecule has 4 aromatic rings. The Morgan fingerprint density at radius 2 is 2.04 bits per heavy atom. The second-order valence-electron chi connectivity index (χ2n) is 5.62. The van der Waals surface area contributed by atoms with Crippen molar-refractivity contribution >= 4 is 67.8 Å². The molecule has 26 heavy (non-hydrogen) atoms. The van der Waals surface area contributed by atoms with Gasteiger partial charge in [-0.05, 0) is 70.4 Å². The van der Waals surface area contributed by atoms with Crippen LogP contribution < -0.4 is 5.32 Å². The first kappa shape index (κ1) is 17.3. The Hall–Kier alpha value is -2.14. The number of benzene rings is 2. The second-order valence-corrected chi connectivity index (χ2v) is 8.22. The first-order valence-corrected chi connectivity index (χ1v) is 10.1. The van der Waals surface area contributed by atoms with Crippen LogP contribution in [0.15, 0.2) is 60.1 Å². The van der Waals surface area contributed by atoms with E-state index in [-0.39, 0.29) is 0 Å². The zero-order valence-corrected chi connectivity index (χ0v) is 17.1. The fourth-order valence-corrected chi connectivity index (χ4v) is 4.33. The highest BCUT2D eigenvalue weighted by molar-refractivity contribution is 14.1. The van der Waals surface area contributed by atoms with E-state index in [0.29, 0.717) is 10.6 Å². The van der Waals surface area contributed by atoms with Crippen molar-refractivity contribution in [2.24, 2.45) is 0 Å². The minimum absolute atomic E-state index is 0.497. The van der Waals surface area contributed by atoms with Crippen LogP contribution >= 0.6 is 45.5 Å². The van der Waals surface area contributed by atoms with Gasteiger partial charge in [-0.15, -0.1) is 11.3 Å². The van der Waals surface area contributed by atoms with Gasteiger partial charge in [0.05, 0.1) is 21.8 Å². The molecule has 2 aromatic heterocycles. The van der Waals surface area contributed by atoms with E-state index in [4.69, 9.17) is 11.6 Å². The van der Waals surface area contributed by atoms with Gasteiger partial charge >= 0.3 is 0 Å². The first-order valence-electron chi connectivity index (χ1n) is 7.74. The summed E-state index contributed by atoms with van der Waals surface area (Å²) in [5, 5.41) is 16.4. The molecule has 0 saturated carbocycles. The van der Waals surface area contributed by atoms with Crippen molar-refractivity contribution in [1.82, 2.24) is 4.98 Å². The zero-order chi connectivity index (χ0) is 18.1. The quantitative estimate of drug-likeness (QED) is 0.322. The summed E-state index contributed by atoms with van der Waals surface area (Å²) in [5.74, 6) is 0. The van der Waals surface area contributed by atoms with Crippen molar-refractivity contribution in [1.29, 1.82) is 5.26 Å². The van der Waals surface area contributed by atoms with Crippen LogP contribution in [0.2, 0.25) is 5.02 Å². The molecule has 4 rings (SSSR count). The van der Waals surface area contributed by atoms with Gasteiger partial charge in [0.2, 0.25) is 0 Å². The van der Waals surface area contributed by atoms with Gasteiger partial charge in [0, 0.05) is 31.3 Å². The molecule has 2 aromatic carbocycles. The van der Waals surface area contributed by atoms with Gasteiger partial charge in [-0.2, -0.15) is 5.26 Å². The molecule has 2 heterocycles. The molecule has 0 radical (unpaired) electrons. The molecule has 0 aliphatic heterocycles. The third-order valence-electron chi connectivity index (χ3n) is 3.98. The average molecular weight is 488 g/mol. The molecule has 126 valence electrons. The highest BCUT2D eigenvalue weighted by Crippen LogP contribution is 2.35. The number of aromatic nitrogens is 1. The molecule has 3 nitrogen and oxygen atoms in total. The van der Waals surface area contributed by atoms with Crippen LogP contribution in [-0.2, 0) is 0 Å². The number of halogens is 2. The van der Waals surface area contributed by atoms with Gasteiger partial charge < -0.3 is 5.32 Å². The standard InChI is InChI=1S/C20H11ClIN3S/c21-17-9-14(4-6-15(17)19-2-1-7-26-19)25-20-12(10-23)11-24-18-8-13(22)3-5-16(18)20/h1-9,11H,(H,24,25). The SMILES string of the molecule is N#Cc1cnc2cc(I)ccc2c1Nc1ccc(-c2cccs2)c(Cl)c1. The van der Waals surface area contributed by atoms with Crippen molar-refractivity contribution in [3.05, 3.63) is 74.3 Å². The number of pyridine rings is 1. The number of nitrogens with zero attached hydrogens (tertiary/aromatic N) is 2. The molecular formula is C20H11ClIN3S. The van der Waals surface area contributed by atoms with Crippen LogP contribution in [0.1, 0.15) is 5.56 Å². The number of hydrogen-bond donors (Lipinski definition) is 1. The van der Waals surface area contributed by atoms with E-state index in [1.165, 1.54) is 0 Å². The van der Waals surface area contributed by atoms with Crippen LogP contribution in [0.4, 0.5) is 11.4 Å². The predicted octanol–water partition coefficient (Wildman–Crippen LogP) is 6.84. The van der Waals surface area contributed by atoms with Gasteiger partial charge in [0.15, 0.2) is 0 Å². The van der Waals surface area contributed by atoms with E-state index in [1.807, 2.05) is 53.9 Å². The molecule has 1 N–H and O–H groups in total. The Morgan fingerprint density at radius 1 is 1.15 bits per heavy atom. The van der Waals surface area contributed by atoms with Crippen LogP contribution in [0, 0.1) is 14.9 Å². The highest BCUT2D eigenvalue weighted by atomic mass is 127. The highest BCUT2D eigenvalue weighted by Gasteiger charge is 2.11. The fraction of sp³-hybridized carbons (Fsp3) is 0. The molecule has 0 unspecified atom stereocenters. The topological polar surface area (TPSA) is 48.7 Å². The monoisotopic (exact) mass is 487 g/mol. The second kappa shape index (κ2) is 7.23. The Morgan fingerprint density at radius 3 is 2.77 bits per heavy atom. The van der Waals surface area contributed by atoms with E-state index < -0.39 is 0 Å². The average Bonchev–Trinajstić information content (AvgIpc) is 3.16. The van der Waals surface area contributed by atoms with Crippen LogP contribution in [0.3, 0.4) is 0 Å². The first-order chi connectivity index (χ1) is 12.7. The normalized spacial score (nSPS) is 10.7. The van der Waals surface area contributed by atoms with E-state index in [1.54, 1.807) is 17.5 Å². The third kappa shape index (κ3) is 3.28. The molecule has 0 bridgehead atoms. The number of hydrogen-bond acceptors (Lipinski definition) is 4. The number of rotatable bonds is 3. The molecule has 0 amide bonds. The summed E-state index contributed by atoms with van der Waals surface area (Å²) in [7, 11) is 0. The molecule has 0 spiro atoms. The Balaban J connectivity index is 1.78. The molecule has 0 aliphatic rings. The summed E-state index contributed by atoms with van der Waals surface area (Å²) in [6, 6.07) is 18.1. The summed E-state index contributed by atoms with van der Waals surface area (Å²) >= 11 is 10.4. The van der Waals surface area contributed by atoms with Crippen molar-refractivity contribution in [2.75, 3.05) is 5.32 Å². The lowest BCUT2D eigenvalue weighted by molar-refractivity contribution is 1.36. The molecule has 0 atom stereocenters. The number of fused-ring (bicyclic) bond motifs is 1. The Kier molecular flexibility index (Phi) is 4.81. The van der Waals surface area contributed by atoms with Crippen LogP contribution in [0.5, 0.6) is 0 Å². The van der Waals surface area contributed by atoms with Gasteiger partial charge in [-0.3, -0.25) is 4.98 Å². The minimum atomic E-state index is 0.497. The van der Waals surface area contributed by atoms with Gasteiger partial charge in [0.25, 0.3) is 0 Å². The number of thiophene rings is 1. The molecule has 6 heteroatoms. The molecular weight excluding hydrogens is 477 g/mol. The van der Waals surface area contributed by atoms with Crippen LogP contribution in [-0.4, -0.2) is 4.98 Å². The molecule has 0 aliphatic carbocycles. The Labute approximate surface area is 173 Å². The van der Waals surface area contributed by atoms with Crippen LogP contribution in [0.25, 0.3) is 21.3 Å². The van der Waals surface area contributed by atoms with Crippen molar-refractivity contribution in [3.8, 4) is 16.5 Å². The minimum Gasteiger partial charge on any atom is -0.354 e. The summed E-state index contributed by atoms with van der Waals surface area (Å²) < 4.78 is 1.10. The van der Waals surface area contributed by atoms with Crippen molar-refractivity contribution in [3.63, 3.8) is 0 Å². The van der Waals surface area contributed by atoms with E-state index in [2.05, 4.69) is 39.0 Å².